The molecule has 0 saturated carbocycles. The van der Waals surface area contributed by atoms with Gasteiger partial charge in [-0.15, -0.1) is 0 Å². The second kappa shape index (κ2) is 7.28. The van der Waals surface area contributed by atoms with Crippen LogP contribution in [0.4, 0.5) is 4.39 Å². The number of hydrogen-bond acceptors (Lipinski definition) is 4. The van der Waals surface area contributed by atoms with E-state index in [1.54, 1.807) is 14.0 Å². The van der Waals surface area contributed by atoms with Crippen LogP contribution in [-0.4, -0.2) is 29.9 Å². The van der Waals surface area contributed by atoms with E-state index in [-0.39, 0.29) is 11.4 Å². The molecule has 0 fully saturated rings. The Hall–Kier alpha value is -2.65. The van der Waals surface area contributed by atoms with Gasteiger partial charge in [-0.05, 0) is 36.8 Å². The third kappa shape index (κ3) is 3.47. The zero-order valence-corrected chi connectivity index (χ0v) is 14.1. The van der Waals surface area contributed by atoms with Gasteiger partial charge in [0, 0.05) is 13.2 Å². The van der Waals surface area contributed by atoms with Crippen LogP contribution in [0.15, 0.2) is 30.5 Å². The summed E-state index contributed by atoms with van der Waals surface area (Å²) in [6.45, 7) is 1.71. The molecule has 1 atom stereocenters. The van der Waals surface area contributed by atoms with Crippen LogP contribution in [0.3, 0.4) is 0 Å². The van der Waals surface area contributed by atoms with E-state index in [9.17, 15) is 14.4 Å². The van der Waals surface area contributed by atoms with E-state index in [0.29, 0.717) is 16.1 Å². The summed E-state index contributed by atoms with van der Waals surface area (Å²) in [5, 5.41) is 9.49. The largest absolute Gasteiger partial charge is 0.480 e. The fourth-order valence-electron chi connectivity index (χ4n) is 2.30. The molecule has 0 aliphatic carbocycles. The third-order valence-corrected chi connectivity index (χ3v) is 3.93. The number of carbonyl (C=O) groups excluding carboxylic acids is 1. The number of benzene rings is 1. The molecule has 124 valence electrons. The highest BCUT2D eigenvalue weighted by Crippen LogP contribution is 2.27. The van der Waals surface area contributed by atoms with Gasteiger partial charge in [0.1, 0.15) is 11.4 Å². The second-order valence-corrected chi connectivity index (χ2v) is 5.58. The molecule has 0 saturated heterocycles. The molecule has 0 aliphatic rings. The summed E-state index contributed by atoms with van der Waals surface area (Å²) >= 11 is 5.91. The fraction of sp³-hybridized carbons (Fsp3) is 0.235. The van der Waals surface area contributed by atoms with Gasteiger partial charge >= 0.3 is 0 Å². The molecule has 2 aromatic rings. The summed E-state index contributed by atoms with van der Waals surface area (Å²) < 4.78 is 18.6. The van der Waals surface area contributed by atoms with Crippen molar-refractivity contribution in [1.82, 2.24) is 9.88 Å². The molecule has 1 heterocycles. The van der Waals surface area contributed by atoms with E-state index in [4.69, 9.17) is 16.3 Å². The molecule has 5 nitrogen and oxygen atoms in total. The average Bonchev–Trinajstić information content (AvgIpc) is 2.59. The Labute approximate surface area is 144 Å². The van der Waals surface area contributed by atoms with Crippen LogP contribution in [0.2, 0.25) is 5.02 Å². The molecule has 0 spiro atoms. The van der Waals surface area contributed by atoms with Crippen molar-refractivity contribution in [3.8, 4) is 11.9 Å². The Balaban J connectivity index is 2.40. The third-order valence-electron chi connectivity index (χ3n) is 3.73. The molecule has 1 amide bonds. The maximum atomic E-state index is 13.5. The van der Waals surface area contributed by atoms with Crippen LogP contribution in [0.25, 0.3) is 0 Å². The van der Waals surface area contributed by atoms with Gasteiger partial charge in [0.05, 0.1) is 29.8 Å². The summed E-state index contributed by atoms with van der Waals surface area (Å²) in [7, 11) is 2.95. The molecule has 1 aromatic heterocycles. The van der Waals surface area contributed by atoms with Crippen molar-refractivity contribution in [2.75, 3.05) is 14.2 Å². The summed E-state index contributed by atoms with van der Waals surface area (Å²) in [4.78, 5) is 18.1. The number of rotatable bonds is 4. The number of halogens is 2. The molecule has 2 rings (SSSR count). The first-order valence-electron chi connectivity index (χ1n) is 7.05. The van der Waals surface area contributed by atoms with E-state index in [1.807, 2.05) is 6.07 Å². The quantitative estimate of drug-likeness (QED) is 0.847. The lowest BCUT2D eigenvalue weighted by atomic mass is 10.0. The van der Waals surface area contributed by atoms with Crippen LogP contribution in [0, 0.1) is 17.1 Å². The monoisotopic (exact) mass is 347 g/mol. The van der Waals surface area contributed by atoms with Crippen LogP contribution >= 0.6 is 11.6 Å². The van der Waals surface area contributed by atoms with Gasteiger partial charge in [-0.25, -0.2) is 9.37 Å². The molecule has 0 bridgehead atoms. The number of nitriles is 1. The normalized spacial score (nSPS) is 11.5. The highest BCUT2D eigenvalue weighted by atomic mass is 35.5. The van der Waals surface area contributed by atoms with Gasteiger partial charge in [-0.1, -0.05) is 11.6 Å². The van der Waals surface area contributed by atoms with Gasteiger partial charge < -0.3 is 9.64 Å². The smallest absolute Gasteiger partial charge is 0.259 e. The summed E-state index contributed by atoms with van der Waals surface area (Å²) in [5.41, 5.74) is 0.913. The number of pyridine rings is 1. The highest BCUT2D eigenvalue weighted by molar-refractivity contribution is 6.30. The molecule has 7 heteroatoms. The average molecular weight is 348 g/mol. The van der Waals surface area contributed by atoms with Crippen molar-refractivity contribution < 1.29 is 13.9 Å². The van der Waals surface area contributed by atoms with Gasteiger partial charge in [0.2, 0.25) is 5.88 Å². The Morgan fingerprint density at radius 3 is 2.79 bits per heavy atom. The maximum Gasteiger partial charge on any atom is 0.259 e. The Bertz CT molecular complexity index is 820. The molecular weight excluding hydrogens is 333 g/mol. The summed E-state index contributed by atoms with van der Waals surface area (Å²) in [5.74, 6) is -0.732. The second-order valence-electron chi connectivity index (χ2n) is 5.15. The van der Waals surface area contributed by atoms with Gasteiger partial charge in [0.25, 0.3) is 5.91 Å². The van der Waals surface area contributed by atoms with E-state index in [2.05, 4.69) is 4.98 Å². The van der Waals surface area contributed by atoms with Crippen molar-refractivity contribution in [3.05, 3.63) is 58.0 Å². The first-order chi connectivity index (χ1) is 11.4. The lowest BCUT2D eigenvalue weighted by molar-refractivity contribution is 0.0738. The molecule has 1 aromatic carbocycles. The predicted octanol–water partition coefficient (Wildman–Crippen LogP) is 3.59. The van der Waals surface area contributed by atoms with Gasteiger partial charge in [-0.2, -0.15) is 5.26 Å². The highest BCUT2D eigenvalue weighted by Gasteiger charge is 2.24. The fourth-order valence-corrected chi connectivity index (χ4v) is 2.46. The lowest BCUT2D eigenvalue weighted by Crippen LogP contribution is -2.30. The minimum Gasteiger partial charge on any atom is -0.480 e. The van der Waals surface area contributed by atoms with Crippen molar-refractivity contribution in [1.29, 1.82) is 5.26 Å². The van der Waals surface area contributed by atoms with Crippen LogP contribution < -0.4 is 4.74 Å². The lowest BCUT2D eigenvalue weighted by Gasteiger charge is -2.26. The van der Waals surface area contributed by atoms with E-state index in [0.717, 1.165) is 0 Å². The maximum absolute atomic E-state index is 13.5. The number of ether oxygens (including phenoxy) is 1. The molecular formula is C17H15ClFN3O2. The molecule has 0 aliphatic heterocycles. The SMILES string of the molecule is COc1ncc(Cl)cc1C(=O)N(C)C(C)c1cc(F)ccc1C#N. The molecule has 1 unspecified atom stereocenters. The predicted molar refractivity (Wildman–Crippen MR) is 87.4 cm³/mol. The number of methoxy groups -OCH3 is 1. The van der Waals surface area contributed by atoms with Gasteiger partial charge in [0.15, 0.2) is 0 Å². The minimum atomic E-state index is -0.536. The summed E-state index contributed by atoms with van der Waals surface area (Å²) in [6.07, 6.45) is 1.38. The number of aromatic nitrogens is 1. The number of carbonyl (C=O) groups is 1. The first kappa shape index (κ1) is 17.7. The number of amides is 1. The van der Waals surface area contributed by atoms with E-state index < -0.39 is 17.8 Å². The zero-order chi connectivity index (χ0) is 17.9. The van der Waals surface area contributed by atoms with Crippen LogP contribution in [0.5, 0.6) is 5.88 Å². The number of nitrogens with zero attached hydrogens (tertiary/aromatic N) is 3. The zero-order valence-electron chi connectivity index (χ0n) is 13.4. The summed E-state index contributed by atoms with van der Waals surface area (Å²) in [6, 6.07) is 6.77. The Morgan fingerprint density at radius 1 is 1.46 bits per heavy atom. The molecule has 24 heavy (non-hydrogen) atoms. The molecule has 0 radical (unpaired) electrons. The minimum absolute atomic E-state index is 0.142. The Kier molecular flexibility index (Phi) is 5.37. The topological polar surface area (TPSA) is 66.2 Å². The Morgan fingerprint density at radius 2 is 2.17 bits per heavy atom. The van der Waals surface area contributed by atoms with E-state index >= 15 is 0 Å². The standard InChI is InChI=1S/C17H15ClFN3O2/c1-10(14-7-13(19)5-4-11(14)8-20)22(2)17(23)15-6-12(18)9-21-16(15)24-3/h4-7,9-10H,1-3H3. The van der Waals surface area contributed by atoms with Crippen molar-refractivity contribution in [2.24, 2.45) is 0 Å². The number of hydrogen-bond donors (Lipinski definition) is 0. The van der Waals surface area contributed by atoms with Crippen molar-refractivity contribution in [2.45, 2.75) is 13.0 Å². The van der Waals surface area contributed by atoms with Gasteiger partial charge in [-0.3, -0.25) is 4.79 Å². The van der Waals surface area contributed by atoms with Crippen LogP contribution in [0.1, 0.15) is 34.5 Å². The molecule has 0 N–H and O–H groups in total. The van der Waals surface area contributed by atoms with Crippen molar-refractivity contribution >= 4 is 17.5 Å². The van der Waals surface area contributed by atoms with Crippen LogP contribution in [-0.2, 0) is 0 Å². The first-order valence-corrected chi connectivity index (χ1v) is 7.43. The van der Waals surface area contributed by atoms with Crippen molar-refractivity contribution in [3.63, 3.8) is 0 Å². The van der Waals surface area contributed by atoms with E-state index in [1.165, 1.54) is 42.5 Å².